The molecule has 148 valence electrons. The van der Waals surface area contributed by atoms with Crippen LogP contribution in [0, 0.1) is 0 Å². The zero-order valence-electron chi connectivity index (χ0n) is 16.0. The summed E-state index contributed by atoms with van der Waals surface area (Å²) >= 11 is 0. The fourth-order valence-electron chi connectivity index (χ4n) is 3.96. The Morgan fingerprint density at radius 2 is 1.79 bits per heavy atom. The third-order valence-corrected chi connectivity index (χ3v) is 7.42. The Morgan fingerprint density at radius 1 is 1.04 bits per heavy atom. The Kier molecular flexibility index (Phi) is 5.03. The number of fused-ring (bicyclic) bond motifs is 1. The Morgan fingerprint density at radius 3 is 2.50 bits per heavy atom. The van der Waals surface area contributed by atoms with Gasteiger partial charge >= 0.3 is 0 Å². The predicted octanol–water partition coefficient (Wildman–Crippen LogP) is 3.75. The first-order valence-electron chi connectivity index (χ1n) is 9.33. The molecule has 0 radical (unpaired) electrons. The number of sulfonamides is 1. The first kappa shape index (κ1) is 18.8. The molecule has 4 rings (SSSR count). The normalized spacial score (nSPS) is 16.4. The number of aromatic amines is 1. The van der Waals surface area contributed by atoms with E-state index in [0.717, 1.165) is 18.4 Å². The van der Waals surface area contributed by atoms with E-state index < -0.39 is 10.0 Å². The second-order valence-corrected chi connectivity index (χ2v) is 8.89. The SMILES string of the molecule is COc1ccc(OC)c(S(=O)(=O)N2CCC(c3c[nH]c4ccccc34)CC2)c1. The summed E-state index contributed by atoms with van der Waals surface area (Å²) in [6.45, 7) is 0.958. The van der Waals surface area contributed by atoms with Crippen molar-refractivity contribution in [1.82, 2.24) is 9.29 Å². The van der Waals surface area contributed by atoms with E-state index in [1.165, 1.54) is 31.2 Å². The highest BCUT2D eigenvalue weighted by atomic mass is 32.2. The largest absolute Gasteiger partial charge is 0.497 e. The van der Waals surface area contributed by atoms with Crippen LogP contribution in [0.4, 0.5) is 0 Å². The van der Waals surface area contributed by atoms with Gasteiger partial charge in [-0.25, -0.2) is 8.42 Å². The van der Waals surface area contributed by atoms with Gasteiger partial charge in [-0.15, -0.1) is 0 Å². The lowest BCUT2D eigenvalue weighted by Crippen LogP contribution is -2.38. The number of nitrogens with zero attached hydrogens (tertiary/aromatic N) is 1. The van der Waals surface area contributed by atoms with E-state index in [2.05, 4.69) is 23.3 Å². The van der Waals surface area contributed by atoms with Crippen molar-refractivity contribution in [3.63, 3.8) is 0 Å². The molecule has 1 aliphatic heterocycles. The fourth-order valence-corrected chi connectivity index (χ4v) is 5.60. The second kappa shape index (κ2) is 7.48. The van der Waals surface area contributed by atoms with Crippen molar-refractivity contribution >= 4 is 20.9 Å². The van der Waals surface area contributed by atoms with E-state index in [0.29, 0.717) is 30.5 Å². The van der Waals surface area contributed by atoms with Crippen LogP contribution in [-0.2, 0) is 10.0 Å². The lowest BCUT2D eigenvalue weighted by molar-refractivity contribution is 0.317. The van der Waals surface area contributed by atoms with Gasteiger partial charge in [0.1, 0.15) is 16.4 Å². The standard InChI is InChI=1S/C21H24N2O4S/c1-26-16-7-8-20(27-2)21(13-16)28(24,25)23-11-9-15(10-12-23)18-14-22-19-6-4-3-5-17(18)19/h3-8,13-15,22H,9-12H2,1-2H3. The van der Waals surface area contributed by atoms with E-state index in [1.54, 1.807) is 16.4 Å². The van der Waals surface area contributed by atoms with E-state index in [9.17, 15) is 8.42 Å². The van der Waals surface area contributed by atoms with Gasteiger partial charge in [-0.2, -0.15) is 4.31 Å². The number of aromatic nitrogens is 1. The molecule has 0 spiro atoms. The van der Waals surface area contributed by atoms with Crippen molar-refractivity contribution in [3.8, 4) is 11.5 Å². The molecular weight excluding hydrogens is 376 g/mol. The highest BCUT2D eigenvalue weighted by Gasteiger charge is 2.33. The van der Waals surface area contributed by atoms with Crippen molar-refractivity contribution in [2.45, 2.75) is 23.7 Å². The van der Waals surface area contributed by atoms with Crippen LogP contribution in [0.15, 0.2) is 53.6 Å². The Balaban J connectivity index is 1.56. The minimum atomic E-state index is -3.65. The molecule has 3 aromatic rings. The maximum Gasteiger partial charge on any atom is 0.246 e. The number of piperidine rings is 1. The number of para-hydroxylation sites is 1. The fraction of sp³-hybridized carbons (Fsp3) is 0.333. The molecule has 1 aliphatic rings. The molecule has 7 heteroatoms. The monoisotopic (exact) mass is 400 g/mol. The number of methoxy groups -OCH3 is 2. The molecule has 1 saturated heterocycles. The zero-order chi connectivity index (χ0) is 19.7. The van der Waals surface area contributed by atoms with Crippen molar-refractivity contribution < 1.29 is 17.9 Å². The van der Waals surface area contributed by atoms with Gasteiger partial charge in [0, 0.05) is 36.3 Å². The van der Waals surface area contributed by atoms with Crippen molar-refractivity contribution in [2.75, 3.05) is 27.3 Å². The van der Waals surface area contributed by atoms with Crippen molar-refractivity contribution in [1.29, 1.82) is 0 Å². The number of hydrogen-bond acceptors (Lipinski definition) is 4. The summed E-state index contributed by atoms with van der Waals surface area (Å²) in [6, 6.07) is 13.1. The zero-order valence-corrected chi connectivity index (χ0v) is 16.8. The van der Waals surface area contributed by atoms with Crippen LogP contribution in [-0.4, -0.2) is 45.0 Å². The van der Waals surface area contributed by atoms with Crippen LogP contribution in [0.25, 0.3) is 10.9 Å². The van der Waals surface area contributed by atoms with Gasteiger partial charge in [0.05, 0.1) is 14.2 Å². The average Bonchev–Trinajstić information content (AvgIpc) is 3.17. The number of ether oxygens (including phenoxy) is 2. The van der Waals surface area contributed by atoms with Crippen LogP contribution >= 0.6 is 0 Å². The highest BCUT2D eigenvalue weighted by Crippen LogP contribution is 2.36. The van der Waals surface area contributed by atoms with Gasteiger partial charge in [0.2, 0.25) is 10.0 Å². The average molecular weight is 401 g/mol. The van der Waals surface area contributed by atoms with Crippen LogP contribution in [0.3, 0.4) is 0 Å². The lowest BCUT2D eigenvalue weighted by atomic mass is 9.90. The lowest BCUT2D eigenvalue weighted by Gasteiger charge is -2.31. The molecule has 2 aromatic carbocycles. The molecule has 1 aromatic heterocycles. The van der Waals surface area contributed by atoms with E-state index >= 15 is 0 Å². The first-order chi connectivity index (χ1) is 13.5. The topological polar surface area (TPSA) is 71.6 Å². The molecule has 0 unspecified atom stereocenters. The summed E-state index contributed by atoms with van der Waals surface area (Å²) in [5.74, 6) is 1.17. The van der Waals surface area contributed by atoms with Gasteiger partial charge in [0.15, 0.2) is 0 Å². The summed E-state index contributed by atoms with van der Waals surface area (Å²) in [4.78, 5) is 3.47. The van der Waals surface area contributed by atoms with Crippen LogP contribution in [0.2, 0.25) is 0 Å². The summed E-state index contributed by atoms with van der Waals surface area (Å²) in [5.41, 5.74) is 2.39. The molecule has 0 saturated carbocycles. The summed E-state index contributed by atoms with van der Waals surface area (Å²) in [5, 5.41) is 1.22. The molecule has 1 fully saturated rings. The molecule has 28 heavy (non-hydrogen) atoms. The number of benzene rings is 2. The first-order valence-corrected chi connectivity index (χ1v) is 10.8. The molecule has 0 atom stereocenters. The minimum absolute atomic E-state index is 0.153. The second-order valence-electron chi connectivity index (χ2n) is 6.98. The molecule has 0 bridgehead atoms. The van der Waals surface area contributed by atoms with Gasteiger partial charge in [-0.05, 0) is 42.5 Å². The van der Waals surface area contributed by atoms with Crippen molar-refractivity contribution in [2.24, 2.45) is 0 Å². The number of hydrogen-bond donors (Lipinski definition) is 1. The maximum atomic E-state index is 13.2. The van der Waals surface area contributed by atoms with E-state index in [-0.39, 0.29) is 4.90 Å². The van der Waals surface area contributed by atoms with Gasteiger partial charge in [0.25, 0.3) is 0 Å². The number of rotatable bonds is 5. The van der Waals surface area contributed by atoms with E-state index in [4.69, 9.17) is 9.47 Å². The van der Waals surface area contributed by atoms with E-state index in [1.807, 2.05) is 12.1 Å². The Hall–Kier alpha value is -2.51. The van der Waals surface area contributed by atoms with Crippen LogP contribution < -0.4 is 9.47 Å². The summed E-state index contributed by atoms with van der Waals surface area (Å²) < 4.78 is 38.5. The number of nitrogens with one attached hydrogen (secondary N) is 1. The molecule has 1 N–H and O–H groups in total. The van der Waals surface area contributed by atoms with Gasteiger partial charge in [-0.1, -0.05) is 18.2 Å². The Bertz CT molecular complexity index is 1080. The Labute approximate surface area is 165 Å². The van der Waals surface area contributed by atoms with Crippen LogP contribution in [0.1, 0.15) is 24.3 Å². The summed E-state index contributed by atoms with van der Waals surface area (Å²) in [6.07, 6.45) is 3.63. The van der Waals surface area contributed by atoms with Crippen LogP contribution in [0.5, 0.6) is 11.5 Å². The molecular formula is C21H24N2O4S. The molecule has 0 aliphatic carbocycles. The van der Waals surface area contributed by atoms with Gasteiger partial charge < -0.3 is 14.5 Å². The third-order valence-electron chi connectivity index (χ3n) is 5.50. The quantitative estimate of drug-likeness (QED) is 0.708. The van der Waals surface area contributed by atoms with Crippen molar-refractivity contribution in [3.05, 3.63) is 54.2 Å². The molecule has 0 amide bonds. The smallest absolute Gasteiger partial charge is 0.246 e. The summed E-state index contributed by atoms with van der Waals surface area (Å²) in [7, 11) is -0.657. The highest BCUT2D eigenvalue weighted by molar-refractivity contribution is 7.89. The van der Waals surface area contributed by atoms with Gasteiger partial charge in [-0.3, -0.25) is 0 Å². The number of H-pyrrole nitrogens is 1. The molecule has 6 nitrogen and oxygen atoms in total. The minimum Gasteiger partial charge on any atom is -0.497 e. The maximum absolute atomic E-state index is 13.2. The third kappa shape index (κ3) is 3.25. The predicted molar refractivity (Wildman–Crippen MR) is 109 cm³/mol. The molecule has 2 heterocycles.